The molecule has 1 atom stereocenters. The summed E-state index contributed by atoms with van der Waals surface area (Å²) in [5.41, 5.74) is 0.335. The summed E-state index contributed by atoms with van der Waals surface area (Å²) in [6.45, 7) is 2.85. The molecule has 0 spiro atoms. The largest absolute Gasteiger partial charge is 0.323 e. The zero-order valence-electron chi connectivity index (χ0n) is 9.52. The fourth-order valence-electron chi connectivity index (χ4n) is 1.96. The maximum absolute atomic E-state index is 12.2. The molecule has 0 aliphatic carbocycles. The monoisotopic (exact) mass is 360 g/mol. The molecule has 3 nitrogen and oxygen atoms in total. The number of anilines is 1. The first-order valence-electron chi connectivity index (χ1n) is 5.53. The summed E-state index contributed by atoms with van der Waals surface area (Å²) in [7, 11) is 0. The van der Waals surface area contributed by atoms with Crippen molar-refractivity contribution in [3.8, 4) is 0 Å². The zero-order valence-corrected chi connectivity index (χ0v) is 12.7. The highest BCUT2D eigenvalue weighted by Crippen LogP contribution is 2.32. The summed E-state index contributed by atoms with van der Waals surface area (Å²) in [5.74, 6) is 0.0163. The van der Waals surface area contributed by atoms with Crippen molar-refractivity contribution >= 4 is 43.5 Å². The SMILES string of the molecule is CC1(C(=O)Nc2c(Br)cccc2Br)CCCN1. The molecule has 0 bridgehead atoms. The molecule has 2 rings (SSSR count). The van der Waals surface area contributed by atoms with Gasteiger partial charge in [-0.1, -0.05) is 6.07 Å². The predicted octanol–water partition coefficient (Wildman–Crippen LogP) is 3.29. The van der Waals surface area contributed by atoms with Crippen molar-refractivity contribution in [3.05, 3.63) is 27.1 Å². The fraction of sp³-hybridized carbons (Fsp3) is 0.417. The van der Waals surface area contributed by atoms with E-state index in [4.69, 9.17) is 0 Å². The molecule has 1 saturated heterocycles. The topological polar surface area (TPSA) is 41.1 Å². The van der Waals surface area contributed by atoms with Crippen LogP contribution in [-0.2, 0) is 4.79 Å². The average Bonchev–Trinajstić information content (AvgIpc) is 2.72. The molecule has 1 aliphatic rings. The van der Waals surface area contributed by atoms with E-state index in [-0.39, 0.29) is 5.91 Å². The van der Waals surface area contributed by atoms with E-state index in [1.807, 2.05) is 25.1 Å². The highest BCUT2D eigenvalue weighted by Gasteiger charge is 2.36. The third kappa shape index (κ3) is 2.72. The van der Waals surface area contributed by atoms with E-state index in [1.165, 1.54) is 0 Å². The van der Waals surface area contributed by atoms with Crippen LogP contribution in [0.3, 0.4) is 0 Å². The Morgan fingerprint density at radius 1 is 1.41 bits per heavy atom. The van der Waals surface area contributed by atoms with Gasteiger partial charge in [-0.3, -0.25) is 4.79 Å². The van der Waals surface area contributed by atoms with E-state index in [0.717, 1.165) is 34.0 Å². The smallest absolute Gasteiger partial charge is 0.244 e. The summed E-state index contributed by atoms with van der Waals surface area (Å²) < 4.78 is 1.75. The molecule has 1 aromatic carbocycles. The number of amides is 1. The van der Waals surface area contributed by atoms with Crippen LogP contribution in [0.4, 0.5) is 5.69 Å². The van der Waals surface area contributed by atoms with Crippen molar-refractivity contribution in [2.24, 2.45) is 0 Å². The van der Waals surface area contributed by atoms with Gasteiger partial charge in [0, 0.05) is 8.95 Å². The number of hydrogen-bond donors (Lipinski definition) is 2. The van der Waals surface area contributed by atoms with Crippen LogP contribution >= 0.6 is 31.9 Å². The molecule has 92 valence electrons. The van der Waals surface area contributed by atoms with Crippen LogP contribution in [0.1, 0.15) is 19.8 Å². The van der Waals surface area contributed by atoms with Crippen LogP contribution in [0.5, 0.6) is 0 Å². The van der Waals surface area contributed by atoms with Gasteiger partial charge in [-0.05, 0) is 70.3 Å². The highest BCUT2D eigenvalue weighted by atomic mass is 79.9. The Morgan fingerprint density at radius 2 is 2.06 bits per heavy atom. The Morgan fingerprint density at radius 3 is 2.59 bits per heavy atom. The Hall–Kier alpha value is -0.390. The lowest BCUT2D eigenvalue weighted by atomic mass is 9.99. The van der Waals surface area contributed by atoms with Gasteiger partial charge in [-0.25, -0.2) is 0 Å². The average molecular weight is 362 g/mol. The van der Waals surface area contributed by atoms with Gasteiger partial charge in [0.2, 0.25) is 5.91 Å². The first-order valence-corrected chi connectivity index (χ1v) is 7.12. The Bertz CT molecular complexity index is 422. The number of benzene rings is 1. The van der Waals surface area contributed by atoms with Gasteiger partial charge in [-0.15, -0.1) is 0 Å². The Kier molecular flexibility index (Phi) is 3.90. The molecule has 1 fully saturated rings. The minimum atomic E-state index is -0.450. The molecule has 0 saturated carbocycles. The number of halogens is 2. The molecule has 5 heteroatoms. The van der Waals surface area contributed by atoms with E-state index < -0.39 is 5.54 Å². The third-order valence-corrected chi connectivity index (χ3v) is 4.39. The first kappa shape index (κ1) is 13.1. The second-order valence-corrected chi connectivity index (χ2v) is 6.12. The van der Waals surface area contributed by atoms with E-state index in [9.17, 15) is 4.79 Å². The van der Waals surface area contributed by atoms with Crippen molar-refractivity contribution in [3.63, 3.8) is 0 Å². The molecular formula is C12H14Br2N2O. The standard InChI is InChI=1S/C12H14Br2N2O/c1-12(6-3-7-15-12)11(17)16-10-8(13)4-2-5-9(10)14/h2,4-5,15H,3,6-7H2,1H3,(H,16,17). The summed E-state index contributed by atoms with van der Waals surface area (Å²) in [6, 6.07) is 5.73. The van der Waals surface area contributed by atoms with Gasteiger partial charge in [-0.2, -0.15) is 0 Å². The van der Waals surface area contributed by atoms with E-state index in [1.54, 1.807) is 0 Å². The maximum Gasteiger partial charge on any atom is 0.244 e. The van der Waals surface area contributed by atoms with Crippen molar-refractivity contribution in [2.45, 2.75) is 25.3 Å². The van der Waals surface area contributed by atoms with E-state index >= 15 is 0 Å². The number of hydrogen-bond acceptors (Lipinski definition) is 2. The van der Waals surface area contributed by atoms with Gasteiger partial charge in [0.05, 0.1) is 11.2 Å². The van der Waals surface area contributed by atoms with Crippen molar-refractivity contribution < 1.29 is 4.79 Å². The molecule has 1 aliphatic heterocycles. The number of para-hydroxylation sites is 1. The summed E-state index contributed by atoms with van der Waals surface area (Å²) >= 11 is 6.87. The van der Waals surface area contributed by atoms with E-state index in [2.05, 4.69) is 42.5 Å². The summed E-state index contributed by atoms with van der Waals surface area (Å²) in [4.78, 5) is 12.2. The highest BCUT2D eigenvalue weighted by molar-refractivity contribution is 9.11. The summed E-state index contributed by atoms with van der Waals surface area (Å²) in [5, 5.41) is 6.22. The lowest BCUT2D eigenvalue weighted by Gasteiger charge is -2.23. The van der Waals surface area contributed by atoms with Gasteiger partial charge < -0.3 is 10.6 Å². The molecular weight excluding hydrogens is 348 g/mol. The lowest BCUT2D eigenvalue weighted by molar-refractivity contribution is -0.121. The minimum absolute atomic E-state index is 0.0163. The number of carbonyl (C=O) groups is 1. The number of carbonyl (C=O) groups excluding carboxylic acids is 1. The van der Waals surface area contributed by atoms with Gasteiger partial charge >= 0.3 is 0 Å². The lowest BCUT2D eigenvalue weighted by Crippen LogP contribution is -2.48. The quantitative estimate of drug-likeness (QED) is 0.848. The van der Waals surface area contributed by atoms with Gasteiger partial charge in [0.15, 0.2) is 0 Å². The van der Waals surface area contributed by atoms with Crippen LogP contribution < -0.4 is 10.6 Å². The van der Waals surface area contributed by atoms with Gasteiger partial charge in [0.1, 0.15) is 0 Å². The van der Waals surface area contributed by atoms with Crippen LogP contribution in [0.2, 0.25) is 0 Å². The van der Waals surface area contributed by atoms with Crippen molar-refractivity contribution in [1.29, 1.82) is 0 Å². The molecule has 1 amide bonds. The molecule has 2 N–H and O–H groups in total. The van der Waals surface area contributed by atoms with Crippen LogP contribution in [0.25, 0.3) is 0 Å². The summed E-state index contributed by atoms with van der Waals surface area (Å²) in [6.07, 6.45) is 1.92. The molecule has 1 unspecified atom stereocenters. The molecule has 1 heterocycles. The number of rotatable bonds is 2. The van der Waals surface area contributed by atoms with Crippen molar-refractivity contribution in [2.75, 3.05) is 11.9 Å². The normalized spacial score (nSPS) is 23.7. The second-order valence-electron chi connectivity index (χ2n) is 4.41. The van der Waals surface area contributed by atoms with Crippen molar-refractivity contribution in [1.82, 2.24) is 5.32 Å². The fourth-order valence-corrected chi connectivity index (χ4v) is 3.15. The first-order chi connectivity index (χ1) is 8.03. The molecule has 17 heavy (non-hydrogen) atoms. The molecule has 1 aromatic rings. The number of nitrogens with one attached hydrogen (secondary N) is 2. The Labute approximate surface area is 118 Å². The third-order valence-electron chi connectivity index (χ3n) is 3.07. The van der Waals surface area contributed by atoms with Gasteiger partial charge in [0.25, 0.3) is 0 Å². The van der Waals surface area contributed by atoms with Crippen LogP contribution in [0, 0.1) is 0 Å². The van der Waals surface area contributed by atoms with Crippen LogP contribution in [0.15, 0.2) is 27.1 Å². The minimum Gasteiger partial charge on any atom is -0.323 e. The Balaban J connectivity index is 2.18. The van der Waals surface area contributed by atoms with E-state index in [0.29, 0.717) is 0 Å². The molecule has 0 radical (unpaired) electrons. The predicted molar refractivity (Wildman–Crippen MR) is 76.1 cm³/mol. The molecule has 0 aromatic heterocycles. The second kappa shape index (κ2) is 5.08. The van der Waals surface area contributed by atoms with Crippen LogP contribution in [-0.4, -0.2) is 18.0 Å². The zero-order chi connectivity index (χ0) is 12.5. The maximum atomic E-state index is 12.2.